The van der Waals surface area contributed by atoms with Gasteiger partial charge in [-0.15, -0.1) is 0 Å². The predicted molar refractivity (Wildman–Crippen MR) is 142 cm³/mol. The summed E-state index contributed by atoms with van der Waals surface area (Å²) in [5.74, 6) is 0. The van der Waals surface area contributed by atoms with Crippen LogP contribution in [0.25, 0.3) is 38.6 Å². The van der Waals surface area contributed by atoms with Crippen LogP contribution in [0.1, 0.15) is 37.9 Å². The van der Waals surface area contributed by atoms with E-state index in [0.717, 1.165) is 45.3 Å². The summed E-state index contributed by atoms with van der Waals surface area (Å²) in [7, 11) is 1.72. The quantitative estimate of drug-likeness (QED) is 0.397. The molecule has 0 unspecified atom stereocenters. The van der Waals surface area contributed by atoms with E-state index in [1.54, 1.807) is 13.3 Å². The summed E-state index contributed by atoms with van der Waals surface area (Å²) in [5.41, 5.74) is 13.3. The number of rotatable bonds is 5. The van der Waals surface area contributed by atoms with Crippen LogP contribution in [0.2, 0.25) is 0 Å². The molecule has 1 fully saturated rings. The Bertz CT molecular complexity index is 1370. The maximum absolute atomic E-state index is 5.79. The van der Waals surface area contributed by atoms with Crippen LogP contribution in [0.5, 0.6) is 0 Å². The number of nitrogens with one attached hydrogen (secondary N) is 1. The number of hydrogen-bond acceptors (Lipinski definition) is 5. The normalized spacial score (nSPS) is 17.2. The summed E-state index contributed by atoms with van der Waals surface area (Å²) in [6.45, 7) is 8.13. The molecule has 0 atom stereocenters. The molecule has 1 saturated heterocycles. The largest absolute Gasteiger partial charge is 0.404 e. The molecular formula is C28H32N6. The van der Waals surface area contributed by atoms with E-state index >= 15 is 0 Å². The summed E-state index contributed by atoms with van der Waals surface area (Å²) < 4.78 is 0. The number of nitrogens with zero attached hydrogens (tertiary/aromatic N) is 4. The predicted octanol–water partition coefficient (Wildman–Crippen LogP) is 5.40. The fourth-order valence-electron chi connectivity index (χ4n) is 4.70. The number of piperidine rings is 1. The van der Waals surface area contributed by atoms with Gasteiger partial charge in [0.05, 0.1) is 17.4 Å². The first-order valence-electron chi connectivity index (χ1n) is 11.9. The Morgan fingerprint density at radius 3 is 2.53 bits per heavy atom. The minimum atomic E-state index is 0.483. The van der Waals surface area contributed by atoms with E-state index in [9.17, 15) is 0 Å². The zero-order valence-corrected chi connectivity index (χ0v) is 20.2. The van der Waals surface area contributed by atoms with Crippen LogP contribution in [0.4, 0.5) is 0 Å². The number of H-pyrrole nitrogens is 1. The van der Waals surface area contributed by atoms with Gasteiger partial charge in [-0.1, -0.05) is 38.1 Å². The molecule has 1 aliphatic heterocycles. The van der Waals surface area contributed by atoms with Gasteiger partial charge in [-0.3, -0.25) is 14.9 Å². The van der Waals surface area contributed by atoms with Crippen molar-refractivity contribution >= 4 is 33.7 Å². The van der Waals surface area contributed by atoms with E-state index in [1.807, 2.05) is 18.5 Å². The van der Waals surface area contributed by atoms with E-state index in [1.165, 1.54) is 43.3 Å². The number of benzene rings is 1. The zero-order chi connectivity index (χ0) is 23.7. The molecule has 1 aliphatic rings. The average molecular weight is 453 g/mol. The van der Waals surface area contributed by atoms with Gasteiger partial charge in [-0.05, 0) is 54.6 Å². The molecule has 0 spiro atoms. The van der Waals surface area contributed by atoms with Crippen molar-refractivity contribution in [2.75, 3.05) is 20.1 Å². The number of allylic oxidation sites excluding steroid dienone is 1. The molecule has 4 heterocycles. The lowest BCUT2D eigenvalue weighted by atomic mass is 9.82. The number of pyridine rings is 2. The van der Waals surface area contributed by atoms with Crippen molar-refractivity contribution in [1.82, 2.24) is 19.9 Å². The lowest BCUT2D eigenvalue weighted by Crippen LogP contribution is -2.36. The van der Waals surface area contributed by atoms with Gasteiger partial charge in [0.25, 0.3) is 0 Å². The first kappa shape index (κ1) is 22.3. The molecule has 0 saturated carbocycles. The highest BCUT2D eigenvalue weighted by molar-refractivity contribution is 6.12. The highest BCUT2D eigenvalue weighted by atomic mass is 15.1. The van der Waals surface area contributed by atoms with Crippen molar-refractivity contribution < 1.29 is 0 Å². The molecule has 0 aliphatic carbocycles. The summed E-state index contributed by atoms with van der Waals surface area (Å²) in [5, 5.41) is 2.14. The Morgan fingerprint density at radius 1 is 1.06 bits per heavy atom. The molecular weight excluding hydrogens is 420 g/mol. The minimum absolute atomic E-state index is 0.483. The molecule has 0 radical (unpaired) electrons. The monoisotopic (exact) mass is 452 g/mol. The second-order valence-corrected chi connectivity index (χ2v) is 10.0. The number of nitrogens with two attached hydrogens (primary N) is 1. The molecule has 3 aromatic heterocycles. The fourth-order valence-corrected chi connectivity index (χ4v) is 4.70. The van der Waals surface area contributed by atoms with E-state index in [-0.39, 0.29) is 0 Å². The van der Waals surface area contributed by atoms with Gasteiger partial charge in [-0.25, -0.2) is 4.98 Å². The summed E-state index contributed by atoms with van der Waals surface area (Å²) in [6.07, 6.45) is 9.56. The molecule has 0 bridgehead atoms. The van der Waals surface area contributed by atoms with E-state index < -0.39 is 0 Å². The Balaban J connectivity index is 1.41. The lowest BCUT2D eigenvalue weighted by molar-refractivity contribution is 0.127. The van der Waals surface area contributed by atoms with Crippen molar-refractivity contribution in [2.45, 2.75) is 33.2 Å². The van der Waals surface area contributed by atoms with Gasteiger partial charge in [-0.2, -0.15) is 0 Å². The highest BCUT2D eigenvalue weighted by Gasteiger charge is 2.25. The van der Waals surface area contributed by atoms with Crippen molar-refractivity contribution in [2.24, 2.45) is 16.1 Å². The molecule has 0 amide bonds. The van der Waals surface area contributed by atoms with Gasteiger partial charge < -0.3 is 10.7 Å². The Kier molecular flexibility index (Phi) is 5.92. The molecule has 3 N–H and O–H groups in total. The molecule has 6 heteroatoms. The summed E-state index contributed by atoms with van der Waals surface area (Å²) in [4.78, 5) is 19.3. The lowest BCUT2D eigenvalue weighted by Gasteiger charge is -2.36. The maximum Gasteiger partial charge on any atom is 0.138 e. The SMILES string of the molecule is CN=CC(=CN)c1cc2c(cn1)[nH]c1ncc(-c3ccc(CN4CCC(C)(C)CC4)cc3)cc12. The van der Waals surface area contributed by atoms with Crippen LogP contribution < -0.4 is 5.73 Å². The van der Waals surface area contributed by atoms with Crippen LogP contribution in [-0.2, 0) is 6.54 Å². The van der Waals surface area contributed by atoms with Crippen molar-refractivity contribution in [1.29, 1.82) is 0 Å². The summed E-state index contributed by atoms with van der Waals surface area (Å²) in [6, 6.07) is 13.2. The van der Waals surface area contributed by atoms with Crippen LogP contribution in [-0.4, -0.2) is 46.2 Å². The Hall–Kier alpha value is -3.51. The maximum atomic E-state index is 5.79. The number of likely N-dealkylation sites (tertiary alicyclic amines) is 1. The van der Waals surface area contributed by atoms with Crippen molar-refractivity contribution in [3.8, 4) is 11.1 Å². The molecule has 174 valence electrons. The van der Waals surface area contributed by atoms with Crippen LogP contribution in [0.3, 0.4) is 0 Å². The second-order valence-electron chi connectivity index (χ2n) is 10.0. The van der Waals surface area contributed by atoms with Gasteiger partial charge in [0, 0.05) is 54.1 Å². The molecule has 6 nitrogen and oxygen atoms in total. The number of aromatic amines is 1. The molecule has 34 heavy (non-hydrogen) atoms. The number of fused-ring (bicyclic) bond motifs is 3. The summed E-state index contributed by atoms with van der Waals surface area (Å²) >= 11 is 0. The first-order chi connectivity index (χ1) is 16.5. The molecule has 1 aromatic carbocycles. The fraction of sp³-hybridized carbons (Fsp3) is 0.321. The average Bonchev–Trinajstić information content (AvgIpc) is 3.21. The van der Waals surface area contributed by atoms with Gasteiger partial charge in [0.15, 0.2) is 0 Å². The Morgan fingerprint density at radius 2 is 1.82 bits per heavy atom. The smallest absolute Gasteiger partial charge is 0.138 e. The van der Waals surface area contributed by atoms with Gasteiger partial charge in [0.2, 0.25) is 0 Å². The number of hydrogen-bond donors (Lipinski definition) is 2. The Labute approximate surface area is 200 Å². The third-order valence-corrected chi connectivity index (χ3v) is 6.98. The van der Waals surface area contributed by atoms with Crippen LogP contribution in [0.15, 0.2) is 60.0 Å². The second kappa shape index (κ2) is 9.03. The molecule has 4 aromatic rings. The third-order valence-electron chi connectivity index (χ3n) is 6.98. The van der Waals surface area contributed by atoms with E-state index in [2.05, 4.69) is 64.0 Å². The zero-order valence-electron chi connectivity index (χ0n) is 20.2. The number of aliphatic imine (C=N–C) groups is 1. The van der Waals surface area contributed by atoms with Crippen molar-refractivity contribution in [3.63, 3.8) is 0 Å². The van der Waals surface area contributed by atoms with E-state index in [4.69, 9.17) is 10.7 Å². The van der Waals surface area contributed by atoms with E-state index in [0.29, 0.717) is 5.41 Å². The van der Waals surface area contributed by atoms with Crippen LogP contribution >= 0.6 is 0 Å². The van der Waals surface area contributed by atoms with Gasteiger partial charge >= 0.3 is 0 Å². The van der Waals surface area contributed by atoms with Crippen molar-refractivity contribution in [3.05, 3.63) is 66.2 Å². The standard InChI is InChI=1S/C28H32N6/c1-28(2)8-10-34(11-9-28)18-19-4-6-20(7-5-19)21-12-24-23-13-25(22(14-29)15-30-3)31-17-26(23)33-27(24)32-16-21/h4-7,12-17H,8-11,18,29H2,1-3H3,(H,32,33). The third kappa shape index (κ3) is 4.46. The topological polar surface area (TPSA) is 83.2 Å². The number of aromatic nitrogens is 3. The minimum Gasteiger partial charge on any atom is -0.404 e. The molecule has 5 rings (SSSR count). The first-order valence-corrected chi connectivity index (χ1v) is 11.9. The van der Waals surface area contributed by atoms with Crippen LogP contribution in [0, 0.1) is 5.41 Å². The van der Waals surface area contributed by atoms with Gasteiger partial charge in [0.1, 0.15) is 5.65 Å². The highest BCUT2D eigenvalue weighted by Crippen LogP contribution is 2.32.